The van der Waals surface area contributed by atoms with Gasteiger partial charge in [-0.15, -0.1) is 0 Å². The summed E-state index contributed by atoms with van der Waals surface area (Å²) >= 11 is 0. The lowest BCUT2D eigenvalue weighted by Crippen LogP contribution is -2.14. The molecule has 0 aromatic heterocycles. The molecule has 0 fully saturated rings. The molecule has 3 aromatic rings. The Hall–Kier alpha value is -2.91. The lowest BCUT2D eigenvalue weighted by molar-refractivity contribution is 0.394. The molecule has 0 amide bonds. The molecule has 0 radical (unpaired) electrons. The molecule has 0 spiro atoms. The minimum atomic E-state index is -3.64. The molecule has 0 saturated carbocycles. The van der Waals surface area contributed by atoms with Gasteiger partial charge in [0.2, 0.25) is 0 Å². The van der Waals surface area contributed by atoms with Crippen molar-refractivity contribution < 1.29 is 23.1 Å². The van der Waals surface area contributed by atoms with Crippen molar-refractivity contribution >= 4 is 12.9 Å². The normalized spacial score (nSPS) is 10.8. The van der Waals surface area contributed by atoms with Crippen LogP contribution in [0.2, 0.25) is 0 Å². The first kappa shape index (κ1) is 17.9. The lowest BCUT2D eigenvalue weighted by atomic mass is 10.3. The molecule has 6 heteroatoms. The largest absolute Gasteiger partial charge is 0.497 e. The molecule has 26 heavy (non-hydrogen) atoms. The molecule has 0 saturated heterocycles. The van der Waals surface area contributed by atoms with Crippen molar-refractivity contribution in [1.82, 2.24) is 0 Å². The van der Waals surface area contributed by atoms with Crippen molar-refractivity contribution in [3.05, 3.63) is 78.9 Å². The number of hydrogen-bond acceptors (Lipinski definition) is 5. The molecule has 0 aliphatic heterocycles. The molecule has 134 valence electrons. The zero-order valence-electron chi connectivity index (χ0n) is 14.5. The van der Waals surface area contributed by atoms with Gasteiger partial charge in [0.05, 0.1) is 19.5 Å². The summed E-state index contributed by atoms with van der Waals surface area (Å²) in [5, 5.41) is 0.464. The second kappa shape index (κ2) is 7.98. The summed E-state index contributed by atoms with van der Waals surface area (Å²) in [4.78, 5) is 0. The van der Waals surface area contributed by atoms with Gasteiger partial charge in [-0.25, -0.2) is 4.57 Å². The van der Waals surface area contributed by atoms with Crippen LogP contribution in [0, 0.1) is 0 Å². The minimum Gasteiger partial charge on any atom is -0.497 e. The van der Waals surface area contributed by atoms with E-state index in [1.165, 1.54) is 0 Å². The highest BCUT2D eigenvalue weighted by molar-refractivity contribution is 7.63. The highest BCUT2D eigenvalue weighted by Crippen LogP contribution is 2.47. The molecular formula is C20H19O5P. The van der Waals surface area contributed by atoms with E-state index < -0.39 is 7.60 Å². The van der Waals surface area contributed by atoms with Crippen LogP contribution in [0.3, 0.4) is 0 Å². The number of rotatable bonds is 7. The number of benzene rings is 3. The topological polar surface area (TPSA) is 54.0 Å². The molecular weight excluding hydrogens is 351 g/mol. The summed E-state index contributed by atoms with van der Waals surface area (Å²) in [6.45, 7) is 0. The molecule has 0 unspecified atom stereocenters. The Kier molecular flexibility index (Phi) is 5.49. The van der Waals surface area contributed by atoms with Crippen LogP contribution in [0.15, 0.2) is 78.9 Å². The average Bonchev–Trinajstić information content (AvgIpc) is 2.70. The number of methoxy groups -OCH3 is 2. The third-order valence-electron chi connectivity index (χ3n) is 3.64. The van der Waals surface area contributed by atoms with Crippen LogP contribution in [0.25, 0.3) is 0 Å². The molecule has 0 heterocycles. The first-order valence-corrected chi connectivity index (χ1v) is 9.50. The molecule has 0 bridgehead atoms. The van der Waals surface area contributed by atoms with Crippen LogP contribution in [-0.2, 0) is 4.57 Å². The van der Waals surface area contributed by atoms with E-state index in [2.05, 4.69) is 0 Å². The van der Waals surface area contributed by atoms with Gasteiger partial charge in [-0.05, 0) is 60.7 Å². The van der Waals surface area contributed by atoms with Gasteiger partial charge in [0.1, 0.15) is 23.0 Å². The van der Waals surface area contributed by atoms with E-state index in [4.69, 9.17) is 18.5 Å². The Morgan fingerprint density at radius 2 is 0.962 bits per heavy atom. The van der Waals surface area contributed by atoms with Gasteiger partial charge in [0.15, 0.2) is 0 Å². The van der Waals surface area contributed by atoms with Crippen LogP contribution in [0.5, 0.6) is 23.0 Å². The summed E-state index contributed by atoms with van der Waals surface area (Å²) in [5.41, 5.74) is 0. The Balaban J connectivity index is 1.91. The predicted molar refractivity (Wildman–Crippen MR) is 101 cm³/mol. The van der Waals surface area contributed by atoms with E-state index in [9.17, 15) is 4.57 Å². The Morgan fingerprint density at radius 3 is 1.35 bits per heavy atom. The third-order valence-corrected chi connectivity index (χ3v) is 5.48. The monoisotopic (exact) mass is 370 g/mol. The molecule has 0 N–H and O–H groups in total. The summed E-state index contributed by atoms with van der Waals surface area (Å²) in [7, 11) is -0.483. The molecule has 0 aliphatic rings. The van der Waals surface area contributed by atoms with Gasteiger partial charge < -0.3 is 18.5 Å². The number of ether oxygens (including phenoxy) is 2. The zero-order chi connectivity index (χ0) is 18.4. The summed E-state index contributed by atoms with van der Waals surface area (Å²) < 4.78 is 35.4. The number of hydrogen-bond donors (Lipinski definition) is 0. The van der Waals surface area contributed by atoms with Crippen LogP contribution in [0.1, 0.15) is 0 Å². The van der Waals surface area contributed by atoms with E-state index >= 15 is 0 Å². The summed E-state index contributed by atoms with van der Waals surface area (Å²) in [6, 6.07) is 22.5. The Labute approximate surface area is 152 Å². The van der Waals surface area contributed by atoms with Crippen LogP contribution >= 0.6 is 7.60 Å². The van der Waals surface area contributed by atoms with Gasteiger partial charge in [-0.3, -0.25) is 0 Å². The standard InChI is InChI=1S/C20H19O5P/c1-22-16-8-12-18(13-9-16)24-26(21,20-6-4-3-5-7-20)25-19-14-10-17(23-2)11-15-19/h3-15H,1-2H3. The SMILES string of the molecule is COc1ccc(OP(=O)(Oc2ccc(OC)cc2)c2ccccc2)cc1. The summed E-state index contributed by atoms with van der Waals surface area (Å²) in [6.07, 6.45) is 0. The minimum absolute atomic E-state index is 0.423. The molecule has 0 atom stereocenters. The maximum Gasteiger partial charge on any atom is 0.462 e. The smallest absolute Gasteiger partial charge is 0.462 e. The van der Waals surface area contributed by atoms with Gasteiger partial charge in [-0.1, -0.05) is 18.2 Å². The van der Waals surface area contributed by atoms with Crippen molar-refractivity contribution in [3.8, 4) is 23.0 Å². The van der Waals surface area contributed by atoms with E-state index in [-0.39, 0.29) is 0 Å². The van der Waals surface area contributed by atoms with Crippen LogP contribution < -0.4 is 23.8 Å². The quantitative estimate of drug-likeness (QED) is 0.565. The fourth-order valence-corrected chi connectivity index (χ4v) is 3.87. The van der Waals surface area contributed by atoms with Gasteiger partial charge in [0, 0.05) is 0 Å². The predicted octanol–water partition coefficient (Wildman–Crippen LogP) is 4.68. The second-order valence-electron chi connectivity index (χ2n) is 5.37. The molecule has 0 aliphatic carbocycles. The van der Waals surface area contributed by atoms with Crippen molar-refractivity contribution in [2.45, 2.75) is 0 Å². The third kappa shape index (κ3) is 4.19. The summed E-state index contributed by atoms with van der Waals surface area (Å²) in [5.74, 6) is 2.21. The van der Waals surface area contributed by atoms with E-state index in [0.717, 1.165) is 0 Å². The van der Waals surface area contributed by atoms with Crippen molar-refractivity contribution in [1.29, 1.82) is 0 Å². The zero-order valence-corrected chi connectivity index (χ0v) is 15.4. The fourth-order valence-electron chi connectivity index (χ4n) is 2.29. The molecule has 5 nitrogen and oxygen atoms in total. The van der Waals surface area contributed by atoms with Crippen molar-refractivity contribution in [2.75, 3.05) is 14.2 Å². The highest BCUT2D eigenvalue weighted by Gasteiger charge is 2.31. The second-order valence-corrected chi connectivity index (χ2v) is 7.24. The fraction of sp³-hybridized carbons (Fsp3) is 0.100. The Morgan fingerprint density at radius 1 is 0.577 bits per heavy atom. The Bertz CT molecular complexity index is 823. The lowest BCUT2D eigenvalue weighted by Gasteiger charge is -2.20. The van der Waals surface area contributed by atoms with E-state index in [0.29, 0.717) is 28.3 Å². The van der Waals surface area contributed by atoms with Gasteiger partial charge in [0.25, 0.3) is 0 Å². The van der Waals surface area contributed by atoms with Gasteiger partial charge in [-0.2, -0.15) is 0 Å². The van der Waals surface area contributed by atoms with Crippen LogP contribution in [-0.4, -0.2) is 14.2 Å². The molecule has 3 rings (SSSR count). The first-order chi connectivity index (χ1) is 12.6. The first-order valence-electron chi connectivity index (χ1n) is 7.96. The average molecular weight is 370 g/mol. The van der Waals surface area contributed by atoms with E-state index in [1.54, 1.807) is 87.0 Å². The van der Waals surface area contributed by atoms with Gasteiger partial charge >= 0.3 is 7.60 Å². The maximum absolute atomic E-state index is 13.6. The maximum atomic E-state index is 13.6. The van der Waals surface area contributed by atoms with Crippen LogP contribution in [0.4, 0.5) is 0 Å². The van der Waals surface area contributed by atoms with E-state index in [1.807, 2.05) is 6.07 Å². The van der Waals surface area contributed by atoms with Crippen molar-refractivity contribution in [2.24, 2.45) is 0 Å². The molecule has 3 aromatic carbocycles. The van der Waals surface area contributed by atoms with Crippen molar-refractivity contribution in [3.63, 3.8) is 0 Å². The highest BCUT2D eigenvalue weighted by atomic mass is 31.2.